The molecule has 0 aliphatic heterocycles. The Kier molecular flexibility index (Phi) is 3.97. The van der Waals surface area contributed by atoms with Crippen LogP contribution in [0.3, 0.4) is 0 Å². The van der Waals surface area contributed by atoms with Crippen LogP contribution in [0.25, 0.3) is 0 Å². The standard InChI is InChI=1S/C9H15N3/c1-5-12(6-10)9(11)8(4)7(2)3/h5-7,10-11H,1,4H2,2-3H3. The van der Waals surface area contributed by atoms with E-state index in [1.807, 2.05) is 13.8 Å². The molecule has 0 aromatic rings. The molecule has 0 aromatic carbocycles. The van der Waals surface area contributed by atoms with Gasteiger partial charge in [0, 0.05) is 6.20 Å². The Morgan fingerprint density at radius 2 is 2.00 bits per heavy atom. The topological polar surface area (TPSA) is 50.9 Å². The molecule has 12 heavy (non-hydrogen) atoms. The molecule has 0 unspecified atom stereocenters. The van der Waals surface area contributed by atoms with E-state index < -0.39 is 0 Å². The van der Waals surface area contributed by atoms with Crippen LogP contribution in [0.5, 0.6) is 0 Å². The van der Waals surface area contributed by atoms with Gasteiger partial charge in [0.2, 0.25) is 0 Å². The minimum atomic E-state index is 0.222. The molecule has 0 fully saturated rings. The summed E-state index contributed by atoms with van der Waals surface area (Å²) in [6, 6.07) is 0. The van der Waals surface area contributed by atoms with Gasteiger partial charge in [-0.15, -0.1) is 0 Å². The van der Waals surface area contributed by atoms with E-state index in [2.05, 4.69) is 13.2 Å². The molecule has 0 aliphatic carbocycles. The predicted octanol–water partition coefficient (Wildman–Crippen LogP) is 2.23. The number of hydrogen-bond donors (Lipinski definition) is 2. The average molecular weight is 165 g/mol. The lowest BCUT2D eigenvalue weighted by Gasteiger charge is -2.18. The van der Waals surface area contributed by atoms with Crippen molar-refractivity contribution in [3.8, 4) is 0 Å². The van der Waals surface area contributed by atoms with Gasteiger partial charge in [-0.25, -0.2) is 0 Å². The first-order valence-corrected chi connectivity index (χ1v) is 3.73. The Bertz CT molecular complexity index is 208. The lowest BCUT2D eigenvalue weighted by atomic mass is 10.0. The maximum Gasteiger partial charge on any atom is 0.132 e. The van der Waals surface area contributed by atoms with Gasteiger partial charge < -0.3 is 0 Å². The number of hydrogen-bond acceptors (Lipinski definition) is 2. The summed E-state index contributed by atoms with van der Waals surface area (Å²) in [5.74, 6) is 0.454. The van der Waals surface area contributed by atoms with Crippen molar-refractivity contribution in [3.63, 3.8) is 0 Å². The zero-order valence-corrected chi connectivity index (χ0v) is 7.59. The molecule has 0 saturated carbocycles. The summed E-state index contributed by atoms with van der Waals surface area (Å²) in [7, 11) is 0. The van der Waals surface area contributed by atoms with Crippen LogP contribution < -0.4 is 0 Å². The minimum absolute atomic E-state index is 0.222. The van der Waals surface area contributed by atoms with E-state index in [0.29, 0.717) is 5.57 Å². The summed E-state index contributed by atoms with van der Waals surface area (Å²) in [6.45, 7) is 11.2. The van der Waals surface area contributed by atoms with Gasteiger partial charge in [-0.05, 0) is 11.5 Å². The molecule has 2 N–H and O–H groups in total. The zero-order valence-electron chi connectivity index (χ0n) is 7.59. The second-order valence-corrected chi connectivity index (χ2v) is 2.75. The van der Waals surface area contributed by atoms with Crippen molar-refractivity contribution in [2.24, 2.45) is 5.92 Å². The van der Waals surface area contributed by atoms with Gasteiger partial charge in [0.15, 0.2) is 0 Å². The Morgan fingerprint density at radius 1 is 1.50 bits per heavy atom. The molecular formula is C9H15N3. The van der Waals surface area contributed by atoms with E-state index in [1.165, 1.54) is 11.1 Å². The maximum atomic E-state index is 7.59. The summed E-state index contributed by atoms with van der Waals surface area (Å²) in [5.41, 5.74) is 0.707. The van der Waals surface area contributed by atoms with Crippen molar-refractivity contribution in [1.82, 2.24) is 4.90 Å². The smallest absolute Gasteiger partial charge is 0.132 e. The lowest BCUT2D eigenvalue weighted by molar-refractivity contribution is 0.756. The Labute approximate surface area is 73.4 Å². The highest BCUT2D eigenvalue weighted by Crippen LogP contribution is 2.09. The Balaban J connectivity index is 4.47. The van der Waals surface area contributed by atoms with E-state index in [1.54, 1.807) is 0 Å². The van der Waals surface area contributed by atoms with E-state index in [0.717, 1.165) is 6.34 Å². The van der Waals surface area contributed by atoms with Gasteiger partial charge in [-0.3, -0.25) is 15.7 Å². The van der Waals surface area contributed by atoms with E-state index in [-0.39, 0.29) is 11.8 Å². The van der Waals surface area contributed by atoms with Gasteiger partial charge >= 0.3 is 0 Å². The first-order chi connectivity index (χ1) is 5.54. The zero-order chi connectivity index (χ0) is 9.72. The first kappa shape index (κ1) is 10.6. The van der Waals surface area contributed by atoms with Crippen LogP contribution in [-0.4, -0.2) is 17.1 Å². The molecule has 0 aromatic heterocycles. The van der Waals surface area contributed by atoms with Crippen molar-refractivity contribution >= 4 is 12.2 Å². The van der Waals surface area contributed by atoms with Crippen molar-refractivity contribution < 1.29 is 0 Å². The molecule has 0 bridgehead atoms. The summed E-state index contributed by atoms with van der Waals surface area (Å²) in [5, 5.41) is 14.6. The average Bonchev–Trinajstić information content (AvgIpc) is 2.05. The number of nitrogens with one attached hydrogen (secondary N) is 2. The van der Waals surface area contributed by atoms with Gasteiger partial charge in [0.25, 0.3) is 0 Å². The second-order valence-electron chi connectivity index (χ2n) is 2.75. The number of rotatable bonds is 4. The van der Waals surface area contributed by atoms with E-state index in [4.69, 9.17) is 10.8 Å². The molecule has 3 heteroatoms. The van der Waals surface area contributed by atoms with Crippen molar-refractivity contribution in [2.75, 3.05) is 0 Å². The summed E-state index contributed by atoms with van der Waals surface area (Å²) >= 11 is 0. The Morgan fingerprint density at radius 3 is 2.25 bits per heavy atom. The van der Waals surface area contributed by atoms with Crippen LogP contribution in [0.1, 0.15) is 13.8 Å². The largest absolute Gasteiger partial charge is 0.293 e. The molecule has 0 amide bonds. The molecule has 0 radical (unpaired) electrons. The van der Waals surface area contributed by atoms with Crippen molar-refractivity contribution in [3.05, 3.63) is 24.9 Å². The Hall–Kier alpha value is -1.38. The van der Waals surface area contributed by atoms with E-state index in [9.17, 15) is 0 Å². The van der Waals surface area contributed by atoms with Gasteiger partial charge in [0.05, 0.1) is 6.34 Å². The van der Waals surface area contributed by atoms with Gasteiger partial charge in [-0.1, -0.05) is 27.0 Å². The molecule has 0 rings (SSSR count). The van der Waals surface area contributed by atoms with Crippen molar-refractivity contribution in [2.45, 2.75) is 13.8 Å². The molecule has 0 atom stereocenters. The maximum absolute atomic E-state index is 7.59. The molecule has 66 valence electrons. The van der Waals surface area contributed by atoms with Crippen LogP contribution in [0.4, 0.5) is 0 Å². The second kappa shape index (κ2) is 4.49. The van der Waals surface area contributed by atoms with Crippen LogP contribution >= 0.6 is 0 Å². The third kappa shape index (κ3) is 2.34. The monoisotopic (exact) mass is 165 g/mol. The highest BCUT2D eigenvalue weighted by Gasteiger charge is 2.10. The van der Waals surface area contributed by atoms with Crippen LogP contribution in [0.15, 0.2) is 24.9 Å². The SMILES string of the molecule is C=CN(C=N)C(=N)C(=C)C(C)C. The molecule has 0 heterocycles. The molecule has 0 spiro atoms. The number of amidine groups is 1. The first-order valence-electron chi connectivity index (χ1n) is 3.73. The summed E-state index contributed by atoms with van der Waals surface area (Å²) in [6.07, 6.45) is 2.46. The van der Waals surface area contributed by atoms with Gasteiger partial charge in [-0.2, -0.15) is 0 Å². The van der Waals surface area contributed by atoms with E-state index >= 15 is 0 Å². The molecule has 0 saturated heterocycles. The third-order valence-electron chi connectivity index (χ3n) is 1.60. The highest BCUT2D eigenvalue weighted by molar-refractivity contribution is 6.02. The fourth-order valence-corrected chi connectivity index (χ4v) is 0.648. The summed E-state index contributed by atoms with van der Waals surface area (Å²) < 4.78 is 0. The fourth-order valence-electron chi connectivity index (χ4n) is 0.648. The van der Waals surface area contributed by atoms with Gasteiger partial charge in [0.1, 0.15) is 5.84 Å². The normalized spacial score (nSPS) is 9.25. The number of nitrogens with zero attached hydrogens (tertiary/aromatic N) is 1. The third-order valence-corrected chi connectivity index (χ3v) is 1.60. The minimum Gasteiger partial charge on any atom is -0.293 e. The van der Waals surface area contributed by atoms with Crippen molar-refractivity contribution in [1.29, 1.82) is 10.8 Å². The quantitative estimate of drug-likeness (QED) is 0.487. The van der Waals surface area contributed by atoms with Crippen LogP contribution in [0, 0.1) is 16.7 Å². The fraction of sp³-hybridized carbons (Fsp3) is 0.333. The van der Waals surface area contributed by atoms with Crippen LogP contribution in [-0.2, 0) is 0 Å². The lowest BCUT2D eigenvalue weighted by Crippen LogP contribution is -2.25. The summed E-state index contributed by atoms with van der Waals surface area (Å²) in [4.78, 5) is 1.32. The predicted molar refractivity (Wildman–Crippen MR) is 52.5 cm³/mol. The van der Waals surface area contributed by atoms with Crippen LogP contribution in [0.2, 0.25) is 0 Å². The molecular weight excluding hydrogens is 150 g/mol. The highest BCUT2D eigenvalue weighted by atomic mass is 15.1. The molecule has 3 nitrogen and oxygen atoms in total. The molecule has 0 aliphatic rings.